The van der Waals surface area contributed by atoms with Gasteiger partial charge in [-0.05, 0) is 17.7 Å². The molecule has 0 aliphatic rings. The first kappa shape index (κ1) is 16.3. The van der Waals surface area contributed by atoms with E-state index in [0.717, 1.165) is 12.3 Å². The lowest BCUT2D eigenvalue weighted by atomic mass is 10.1. The lowest BCUT2D eigenvalue weighted by Crippen LogP contribution is -2.15. The van der Waals surface area contributed by atoms with Gasteiger partial charge in [0.1, 0.15) is 12.4 Å². The summed E-state index contributed by atoms with van der Waals surface area (Å²) >= 11 is 3.07. The zero-order valence-electron chi connectivity index (χ0n) is 10.00. The lowest BCUT2D eigenvalue weighted by molar-refractivity contribution is -0.138. The zero-order chi connectivity index (χ0) is 14.7. The van der Waals surface area contributed by atoms with Crippen LogP contribution < -0.4 is 4.74 Å². The fraction of sp³-hybridized carbons (Fsp3) is 0.455. The first-order chi connectivity index (χ1) is 8.63. The highest BCUT2D eigenvalue weighted by Crippen LogP contribution is 2.37. The number of benzene rings is 1. The normalized spacial score (nSPS) is 12.5. The average Bonchev–Trinajstić information content (AvgIpc) is 2.26. The van der Waals surface area contributed by atoms with Crippen LogP contribution in [-0.2, 0) is 21.3 Å². The van der Waals surface area contributed by atoms with Gasteiger partial charge in [-0.3, -0.25) is 0 Å². The van der Waals surface area contributed by atoms with Crippen molar-refractivity contribution in [1.29, 1.82) is 0 Å². The van der Waals surface area contributed by atoms with Gasteiger partial charge in [0.2, 0.25) is 0 Å². The fourth-order valence-electron chi connectivity index (χ4n) is 1.31. The molecule has 0 atom stereocenters. The van der Waals surface area contributed by atoms with Gasteiger partial charge in [-0.15, -0.1) is 0 Å². The van der Waals surface area contributed by atoms with E-state index in [-0.39, 0.29) is 18.1 Å². The molecule has 0 fully saturated rings. The molecule has 0 saturated carbocycles. The quantitative estimate of drug-likeness (QED) is 0.758. The second-order valence-electron chi connectivity index (χ2n) is 3.94. The molecule has 1 aromatic rings. The number of hydrogen-bond acceptors (Lipinski definition) is 3. The van der Waals surface area contributed by atoms with Gasteiger partial charge in [0.15, 0.2) is 9.84 Å². The van der Waals surface area contributed by atoms with Crippen LogP contribution in [0, 0.1) is 0 Å². The summed E-state index contributed by atoms with van der Waals surface area (Å²) in [6.07, 6.45) is -3.55. The van der Waals surface area contributed by atoms with Crippen molar-refractivity contribution in [2.75, 3.05) is 18.6 Å². The minimum absolute atomic E-state index is 0.291. The second kappa shape index (κ2) is 6.13. The van der Waals surface area contributed by atoms with Gasteiger partial charge in [-0.1, -0.05) is 22.0 Å². The summed E-state index contributed by atoms with van der Waals surface area (Å²) in [6.45, 7) is -0.310. The minimum atomic E-state index is -4.54. The average molecular weight is 361 g/mol. The van der Waals surface area contributed by atoms with Crippen LogP contribution in [0.1, 0.15) is 11.1 Å². The second-order valence-corrected chi connectivity index (χ2v) is 6.76. The van der Waals surface area contributed by atoms with Gasteiger partial charge in [-0.2, -0.15) is 13.2 Å². The Morgan fingerprint density at radius 1 is 1.32 bits per heavy atom. The van der Waals surface area contributed by atoms with Crippen molar-refractivity contribution in [3.05, 3.63) is 29.3 Å². The molecule has 0 radical (unpaired) electrons. The number of halogens is 4. The number of hydrogen-bond donors (Lipinski definition) is 0. The third-order valence-corrected chi connectivity index (χ3v) is 3.77. The number of ether oxygens (including phenoxy) is 1. The van der Waals surface area contributed by atoms with Crippen molar-refractivity contribution in [2.45, 2.75) is 11.5 Å². The summed E-state index contributed by atoms with van der Waals surface area (Å²) in [5.41, 5.74) is -0.444. The Balaban J connectivity index is 2.94. The molecule has 0 aliphatic heterocycles. The van der Waals surface area contributed by atoms with Crippen LogP contribution in [0.2, 0.25) is 0 Å². The van der Waals surface area contributed by atoms with Gasteiger partial charge in [0.05, 0.1) is 11.3 Å². The third-order valence-electron chi connectivity index (χ3n) is 2.22. The SMILES string of the molecule is CS(=O)(=O)CCOc1ccc(CBr)cc1C(F)(F)F. The van der Waals surface area contributed by atoms with Gasteiger partial charge >= 0.3 is 6.18 Å². The van der Waals surface area contributed by atoms with E-state index in [9.17, 15) is 21.6 Å². The molecular weight excluding hydrogens is 349 g/mol. The summed E-state index contributed by atoms with van der Waals surface area (Å²) in [6, 6.07) is 3.66. The summed E-state index contributed by atoms with van der Waals surface area (Å²) < 4.78 is 65.2. The maximum atomic E-state index is 12.8. The first-order valence-electron chi connectivity index (χ1n) is 5.20. The number of rotatable bonds is 5. The predicted octanol–water partition coefficient (Wildman–Crippen LogP) is 3.02. The van der Waals surface area contributed by atoms with Crippen LogP contribution in [0.25, 0.3) is 0 Å². The standard InChI is InChI=1S/C11H12BrF3O3S/c1-19(16,17)5-4-18-10-3-2-8(7-12)6-9(10)11(13,14)15/h2-3,6H,4-5,7H2,1H3. The third kappa shape index (κ3) is 5.40. The van der Waals surface area contributed by atoms with E-state index in [1.165, 1.54) is 12.1 Å². The molecule has 0 bridgehead atoms. The zero-order valence-corrected chi connectivity index (χ0v) is 12.4. The lowest BCUT2D eigenvalue weighted by Gasteiger charge is -2.14. The molecule has 0 heterocycles. The molecule has 8 heteroatoms. The van der Waals surface area contributed by atoms with E-state index in [2.05, 4.69) is 15.9 Å². The monoisotopic (exact) mass is 360 g/mol. The summed E-state index contributed by atoms with van der Waals surface area (Å²) in [4.78, 5) is 0. The molecule has 1 aromatic carbocycles. The summed E-state index contributed by atoms with van der Waals surface area (Å²) in [5.74, 6) is -0.689. The van der Waals surface area contributed by atoms with Crippen LogP contribution in [0.3, 0.4) is 0 Å². The van der Waals surface area contributed by atoms with E-state index < -0.39 is 21.6 Å². The Morgan fingerprint density at radius 3 is 2.42 bits per heavy atom. The van der Waals surface area contributed by atoms with E-state index in [4.69, 9.17) is 4.74 Å². The summed E-state index contributed by atoms with van der Waals surface area (Å²) in [5, 5.41) is 0.291. The van der Waals surface area contributed by atoms with Crippen LogP contribution in [0.15, 0.2) is 18.2 Å². The van der Waals surface area contributed by atoms with Gasteiger partial charge in [-0.25, -0.2) is 8.42 Å². The van der Waals surface area contributed by atoms with Gasteiger partial charge in [0.25, 0.3) is 0 Å². The highest BCUT2D eigenvalue weighted by atomic mass is 79.9. The summed E-state index contributed by atoms with van der Waals surface area (Å²) in [7, 11) is -3.27. The Kier molecular flexibility index (Phi) is 5.26. The Morgan fingerprint density at radius 2 is 1.95 bits per heavy atom. The van der Waals surface area contributed by atoms with Crippen molar-refractivity contribution in [2.24, 2.45) is 0 Å². The van der Waals surface area contributed by atoms with E-state index in [1.807, 2.05) is 0 Å². The van der Waals surface area contributed by atoms with Gasteiger partial charge < -0.3 is 4.74 Å². The van der Waals surface area contributed by atoms with Crippen LogP contribution >= 0.6 is 15.9 Å². The predicted molar refractivity (Wildman–Crippen MR) is 69.3 cm³/mol. The molecule has 1 rings (SSSR count). The molecule has 0 amide bonds. The van der Waals surface area contributed by atoms with Crippen LogP contribution in [0.5, 0.6) is 5.75 Å². The van der Waals surface area contributed by atoms with E-state index in [1.54, 1.807) is 0 Å². The molecule has 19 heavy (non-hydrogen) atoms. The van der Waals surface area contributed by atoms with Crippen LogP contribution in [0.4, 0.5) is 13.2 Å². The van der Waals surface area contributed by atoms with Crippen molar-refractivity contribution in [3.63, 3.8) is 0 Å². The first-order valence-corrected chi connectivity index (χ1v) is 8.38. The van der Waals surface area contributed by atoms with Crippen molar-refractivity contribution in [3.8, 4) is 5.75 Å². The smallest absolute Gasteiger partial charge is 0.419 e. The number of sulfone groups is 1. The highest BCUT2D eigenvalue weighted by Gasteiger charge is 2.34. The largest absolute Gasteiger partial charge is 0.492 e. The topological polar surface area (TPSA) is 43.4 Å². The fourth-order valence-corrected chi connectivity index (χ4v) is 2.05. The molecule has 0 aromatic heterocycles. The van der Waals surface area contributed by atoms with E-state index in [0.29, 0.717) is 10.9 Å². The van der Waals surface area contributed by atoms with Crippen LogP contribution in [-0.4, -0.2) is 27.0 Å². The Labute approximate surface area is 117 Å². The van der Waals surface area contributed by atoms with Gasteiger partial charge in [0, 0.05) is 11.6 Å². The Bertz CT molecular complexity index is 541. The van der Waals surface area contributed by atoms with Crippen molar-refractivity contribution in [1.82, 2.24) is 0 Å². The highest BCUT2D eigenvalue weighted by molar-refractivity contribution is 9.08. The molecule has 0 N–H and O–H groups in total. The van der Waals surface area contributed by atoms with Crippen molar-refractivity contribution >= 4 is 25.8 Å². The number of alkyl halides is 4. The molecule has 3 nitrogen and oxygen atoms in total. The maximum absolute atomic E-state index is 12.8. The van der Waals surface area contributed by atoms with E-state index >= 15 is 0 Å². The minimum Gasteiger partial charge on any atom is -0.492 e. The Hall–Kier alpha value is -0.760. The molecule has 0 aliphatic carbocycles. The molecule has 0 saturated heterocycles. The van der Waals surface area contributed by atoms with Crippen molar-refractivity contribution < 1.29 is 26.3 Å². The molecule has 108 valence electrons. The molecule has 0 unspecified atom stereocenters. The molecule has 0 spiro atoms. The molecular formula is C11H12BrF3O3S. The maximum Gasteiger partial charge on any atom is 0.419 e.